The molecule has 118 valence electrons. The van der Waals surface area contributed by atoms with E-state index in [1.165, 1.54) is 18.2 Å². The Morgan fingerprint density at radius 2 is 1.68 bits per heavy atom. The Bertz CT molecular complexity index is 753. The molecule has 0 saturated carbocycles. The molecule has 0 saturated heterocycles. The first-order valence-electron chi connectivity index (χ1n) is 6.51. The van der Waals surface area contributed by atoms with Crippen molar-refractivity contribution >= 4 is 15.7 Å². The minimum absolute atomic E-state index is 0.00196. The molecule has 3 nitrogen and oxygen atoms in total. The lowest BCUT2D eigenvalue weighted by Crippen LogP contribution is -2.14. The lowest BCUT2D eigenvalue weighted by Gasteiger charge is -2.11. The summed E-state index contributed by atoms with van der Waals surface area (Å²) in [5.74, 6) is 0. The molecule has 0 bridgehead atoms. The fourth-order valence-corrected chi connectivity index (χ4v) is 2.93. The Morgan fingerprint density at radius 1 is 1.05 bits per heavy atom. The van der Waals surface area contributed by atoms with Crippen molar-refractivity contribution in [3.8, 4) is 0 Å². The molecular formula is C15H14F3NO2S. The SMILES string of the molecule is CCc1ccc(S(=O)(=O)Nc2cccc(C(F)(F)F)c2)cc1. The molecule has 0 radical (unpaired) electrons. The van der Waals surface area contributed by atoms with Gasteiger partial charge in [0.25, 0.3) is 10.0 Å². The number of hydrogen-bond donors (Lipinski definition) is 1. The van der Waals surface area contributed by atoms with Crippen LogP contribution in [0.3, 0.4) is 0 Å². The zero-order valence-corrected chi connectivity index (χ0v) is 12.5. The lowest BCUT2D eigenvalue weighted by atomic mass is 10.2. The van der Waals surface area contributed by atoms with Crippen LogP contribution in [0.5, 0.6) is 0 Å². The number of aryl methyl sites for hydroxylation is 1. The molecule has 0 atom stereocenters. The number of anilines is 1. The first kappa shape index (κ1) is 16.4. The van der Waals surface area contributed by atoms with Gasteiger partial charge in [-0.25, -0.2) is 8.42 Å². The van der Waals surface area contributed by atoms with Crippen molar-refractivity contribution in [3.63, 3.8) is 0 Å². The number of alkyl halides is 3. The molecule has 22 heavy (non-hydrogen) atoms. The number of benzene rings is 2. The number of sulfonamides is 1. The predicted octanol–water partition coefficient (Wildman–Crippen LogP) is 4.07. The van der Waals surface area contributed by atoms with Gasteiger partial charge in [-0.2, -0.15) is 13.2 Å². The van der Waals surface area contributed by atoms with Gasteiger partial charge < -0.3 is 0 Å². The maximum atomic E-state index is 12.6. The molecule has 0 fully saturated rings. The van der Waals surface area contributed by atoms with Gasteiger partial charge in [-0.3, -0.25) is 4.72 Å². The third-order valence-electron chi connectivity index (χ3n) is 3.08. The Hall–Kier alpha value is -2.02. The highest BCUT2D eigenvalue weighted by Gasteiger charge is 2.30. The molecule has 2 aromatic carbocycles. The van der Waals surface area contributed by atoms with Crippen LogP contribution < -0.4 is 4.72 Å². The van der Waals surface area contributed by atoms with Gasteiger partial charge in [0.05, 0.1) is 10.5 Å². The van der Waals surface area contributed by atoms with Crippen molar-refractivity contribution in [2.45, 2.75) is 24.4 Å². The monoisotopic (exact) mass is 329 g/mol. The maximum Gasteiger partial charge on any atom is 0.416 e. The second-order valence-corrected chi connectivity index (χ2v) is 6.36. The fourth-order valence-electron chi connectivity index (χ4n) is 1.88. The molecule has 2 rings (SSSR count). The molecule has 0 aliphatic heterocycles. The van der Waals surface area contributed by atoms with Crippen molar-refractivity contribution in [1.82, 2.24) is 0 Å². The van der Waals surface area contributed by atoms with E-state index in [0.29, 0.717) is 0 Å². The van der Waals surface area contributed by atoms with Gasteiger partial charge in [-0.1, -0.05) is 25.1 Å². The van der Waals surface area contributed by atoms with Gasteiger partial charge in [-0.05, 0) is 42.3 Å². The van der Waals surface area contributed by atoms with E-state index in [4.69, 9.17) is 0 Å². The molecule has 0 aliphatic carbocycles. The van der Waals surface area contributed by atoms with E-state index in [1.807, 2.05) is 6.92 Å². The summed E-state index contributed by atoms with van der Waals surface area (Å²) in [4.78, 5) is 0.00196. The van der Waals surface area contributed by atoms with Crippen LogP contribution in [-0.4, -0.2) is 8.42 Å². The van der Waals surface area contributed by atoms with Gasteiger partial charge >= 0.3 is 6.18 Å². The summed E-state index contributed by atoms with van der Waals surface area (Å²) in [5, 5.41) is 0. The molecule has 0 heterocycles. The molecule has 1 N–H and O–H groups in total. The van der Waals surface area contributed by atoms with Crippen LogP contribution >= 0.6 is 0 Å². The predicted molar refractivity (Wildman–Crippen MR) is 78.1 cm³/mol. The van der Waals surface area contributed by atoms with Gasteiger partial charge in [0.1, 0.15) is 0 Å². The minimum Gasteiger partial charge on any atom is -0.280 e. The summed E-state index contributed by atoms with van der Waals surface area (Å²) in [6.07, 6.45) is -3.76. The second kappa shape index (κ2) is 6.00. The van der Waals surface area contributed by atoms with Gasteiger partial charge in [0.15, 0.2) is 0 Å². The number of rotatable bonds is 4. The molecule has 0 aromatic heterocycles. The average molecular weight is 329 g/mol. The minimum atomic E-state index is -4.52. The van der Waals surface area contributed by atoms with Gasteiger partial charge in [0.2, 0.25) is 0 Å². The Morgan fingerprint density at radius 3 is 2.23 bits per heavy atom. The van der Waals surface area contributed by atoms with Gasteiger partial charge in [-0.15, -0.1) is 0 Å². The Kier molecular flexibility index (Phi) is 4.46. The van der Waals surface area contributed by atoms with Crippen LogP contribution in [0.25, 0.3) is 0 Å². The van der Waals surface area contributed by atoms with Crippen molar-refractivity contribution in [3.05, 3.63) is 59.7 Å². The topological polar surface area (TPSA) is 46.2 Å². The van der Waals surface area contributed by atoms with Crippen LogP contribution in [-0.2, 0) is 22.6 Å². The molecular weight excluding hydrogens is 315 g/mol. The number of hydrogen-bond acceptors (Lipinski definition) is 2. The molecule has 0 amide bonds. The zero-order chi connectivity index (χ0) is 16.4. The van der Waals surface area contributed by atoms with Crippen LogP contribution in [0.2, 0.25) is 0 Å². The first-order valence-corrected chi connectivity index (χ1v) is 8.00. The Balaban J connectivity index is 2.28. The van der Waals surface area contributed by atoms with Crippen molar-refractivity contribution < 1.29 is 21.6 Å². The third-order valence-corrected chi connectivity index (χ3v) is 4.48. The summed E-state index contributed by atoms with van der Waals surface area (Å²) >= 11 is 0. The van der Waals surface area contributed by atoms with Crippen LogP contribution in [0.4, 0.5) is 18.9 Å². The lowest BCUT2D eigenvalue weighted by molar-refractivity contribution is -0.137. The molecule has 2 aromatic rings. The fraction of sp³-hybridized carbons (Fsp3) is 0.200. The third kappa shape index (κ3) is 3.79. The van der Waals surface area contributed by atoms with Crippen molar-refractivity contribution in [1.29, 1.82) is 0 Å². The number of halogens is 3. The quantitative estimate of drug-likeness (QED) is 0.919. The van der Waals surface area contributed by atoms with Crippen molar-refractivity contribution in [2.75, 3.05) is 4.72 Å². The smallest absolute Gasteiger partial charge is 0.280 e. The summed E-state index contributed by atoms with van der Waals surface area (Å²) in [5.41, 5.74) is -0.0681. The number of nitrogens with one attached hydrogen (secondary N) is 1. The molecule has 7 heteroatoms. The normalized spacial score (nSPS) is 12.2. The first-order chi connectivity index (χ1) is 10.2. The molecule has 0 aliphatic rings. The highest BCUT2D eigenvalue weighted by Crippen LogP contribution is 2.31. The second-order valence-electron chi connectivity index (χ2n) is 4.68. The highest BCUT2D eigenvalue weighted by molar-refractivity contribution is 7.92. The summed E-state index contributed by atoms with van der Waals surface area (Å²) in [6, 6.07) is 10.3. The van der Waals surface area contributed by atoms with Gasteiger partial charge in [0, 0.05) is 5.69 Å². The largest absolute Gasteiger partial charge is 0.416 e. The Labute approximate surface area is 126 Å². The average Bonchev–Trinajstić information content (AvgIpc) is 2.46. The standard InChI is InChI=1S/C15H14F3NO2S/c1-2-11-6-8-14(9-7-11)22(20,21)19-13-5-3-4-12(10-13)15(16,17)18/h3-10,19H,2H2,1H3. The van der Waals surface area contributed by atoms with E-state index in [2.05, 4.69) is 4.72 Å². The maximum absolute atomic E-state index is 12.6. The van der Waals surface area contributed by atoms with E-state index in [9.17, 15) is 21.6 Å². The highest BCUT2D eigenvalue weighted by atomic mass is 32.2. The zero-order valence-electron chi connectivity index (χ0n) is 11.7. The summed E-state index contributed by atoms with van der Waals surface area (Å²) < 4.78 is 64.4. The van der Waals surface area contributed by atoms with E-state index in [0.717, 1.165) is 30.2 Å². The summed E-state index contributed by atoms with van der Waals surface area (Å²) in [6.45, 7) is 1.93. The van der Waals surface area contributed by atoms with E-state index in [1.54, 1.807) is 12.1 Å². The van der Waals surface area contributed by atoms with Crippen LogP contribution in [0, 0.1) is 0 Å². The van der Waals surface area contributed by atoms with Crippen LogP contribution in [0.15, 0.2) is 53.4 Å². The summed E-state index contributed by atoms with van der Waals surface area (Å²) in [7, 11) is -3.92. The van der Waals surface area contributed by atoms with E-state index < -0.39 is 21.8 Å². The molecule has 0 spiro atoms. The molecule has 0 unspecified atom stereocenters. The van der Waals surface area contributed by atoms with Crippen LogP contribution in [0.1, 0.15) is 18.1 Å². The van der Waals surface area contributed by atoms with E-state index >= 15 is 0 Å². The van der Waals surface area contributed by atoms with Crippen molar-refractivity contribution in [2.24, 2.45) is 0 Å². The van der Waals surface area contributed by atoms with E-state index in [-0.39, 0.29) is 10.6 Å².